The van der Waals surface area contributed by atoms with Gasteiger partial charge in [0.15, 0.2) is 0 Å². The smallest absolute Gasteiger partial charge is 0.293 e. The first kappa shape index (κ1) is 16.0. The fraction of sp³-hybridized carbons (Fsp3) is 0.278. The topological polar surface area (TPSA) is 89.5 Å². The van der Waals surface area contributed by atoms with Gasteiger partial charge in [0.2, 0.25) is 5.91 Å². The number of nitro benzene ring substituents is 1. The van der Waals surface area contributed by atoms with Gasteiger partial charge in [-0.05, 0) is 42.5 Å². The molecule has 2 aromatic carbocycles. The third-order valence-corrected chi connectivity index (χ3v) is 4.64. The highest BCUT2D eigenvalue weighted by Gasteiger charge is 2.28. The predicted molar refractivity (Wildman–Crippen MR) is 92.1 cm³/mol. The number of fused-ring (bicyclic) bond motifs is 1. The van der Waals surface area contributed by atoms with E-state index in [-0.39, 0.29) is 17.3 Å². The molecule has 0 bridgehead atoms. The fourth-order valence-corrected chi connectivity index (χ4v) is 3.42. The molecule has 0 spiro atoms. The average molecular weight is 325 g/mol. The minimum atomic E-state index is -0.671. The van der Waals surface area contributed by atoms with E-state index in [0.29, 0.717) is 5.69 Å². The number of carbonyl (C=O) groups is 1. The van der Waals surface area contributed by atoms with Gasteiger partial charge in [-0.2, -0.15) is 0 Å². The van der Waals surface area contributed by atoms with Gasteiger partial charge in [0.1, 0.15) is 5.69 Å². The van der Waals surface area contributed by atoms with Crippen LogP contribution in [0.25, 0.3) is 0 Å². The van der Waals surface area contributed by atoms with Crippen LogP contribution in [0.1, 0.15) is 40.4 Å². The Labute approximate surface area is 140 Å². The van der Waals surface area contributed by atoms with Gasteiger partial charge in [0.05, 0.1) is 11.0 Å². The highest BCUT2D eigenvalue weighted by molar-refractivity contribution is 5.94. The third kappa shape index (κ3) is 2.82. The minimum absolute atomic E-state index is 0.0769. The number of nitrogens with zero attached hydrogens (tertiary/aromatic N) is 2. The number of rotatable bonds is 4. The zero-order valence-corrected chi connectivity index (χ0v) is 13.4. The Balaban J connectivity index is 2.03. The molecule has 1 atom stereocenters. The SMILES string of the molecule is CN(c1ccc(C(N)=O)cc1[N+](=O)[O-])[C@@H]1CCCc2ccccc21. The van der Waals surface area contributed by atoms with Crippen LogP contribution in [0.5, 0.6) is 0 Å². The van der Waals surface area contributed by atoms with Crippen LogP contribution in [0, 0.1) is 10.1 Å². The number of benzene rings is 2. The molecule has 1 aliphatic rings. The molecule has 24 heavy (non-hydrogen) atoms. The van der Waals surface area contributed by atoms with Crippen molar-refractivity contribution in [3.8, 4) is 0 Å². The Hall–Kier alpha value is -2.89. The van der Waals surface area contributed by atoms with E-state index in [1.165, 1.54) is 23.3 Å². The van der Waals surface area contributed by atoms with Gasteiger partial charge in [0, 0.05) is 18.7 Å². The summed E-state index contributed by atoms with van der Waals surface area (Å²) >= 11 is 0. The molecule has 0 radical (unpaired) electrons. The maximum Gasteiger partial charge on any atom is 0.293 e. The summed E-state index contributed by atoms with van der Waals surface area (Å²) in [5.41, 5.74) is 8.27. The summed E-state index contributed by atoms with van der Waals surface area (Å²) < 4.78 is 0. The summed E-state index contributed by atoms with van der Waals surface area (Å²) in [7, 11) is 1.86. The van der Waals surface area contributed by atoms with Gasteiger partial charge in [-0.1, -0.05) is 24.3 Å². The van der Waals surface area contributed by atoms with Crippen molar-refractivity contribution in [1.82, 2.24) is 0 Å². The van der Waals surface area contributed by atoms with Crippen molar-refractivity contribution >= 4 is 17.3 Å². The number of aryl methyl sites for hydroxylation is 1. The van der Waals surface area contributed by atoms with Gasteiger partial charge >= 0.3 is 0 Å². The molecule has 0 unspecified atom stereocenters. The molecule has 2 aromatic rings. The first-order chi connectivity index (χ1) is 11.5. The zero-order chi connectivity index (χ0) is 17.3. The second-order valence-corrected chi connectivity index (χ2v) is 6.04. The standard InChI is InChI=1S/C18H19N3O3/c1-20(15-8-4-6-12-5-2-3-7-14(12)15)16-10-9-13(18(19)22)11-17(16)21(23)24/h2-3,5,7,9-11,15H,4,6,8H2,1H3,(H2,19,22)/t15-/m1/s1. The molecule has 6 nitrogen and oxygen atoms in total. The lowest BCUT2D eigenvalue weighted by Gasteiger charge is -2.34. The molecule has 6 heteroatoms. The number of carbonyl (C=O) groups excluding carboxylic acids is 1. The van der Waals surface area contributed by atoms with Crippen molar-refractivity contribution < 1.29 is 9.72 Å². The largest absolute Gasteiger partial charge is 0.366 e. The van der Waals surface area contributed by atoms with Crippen LogP contribution in [-0.4, -0.2) is 17.9 Å². The van der Waals surface area contributed by atoms with E-state index in [4.69, 9.17) is 5.73 Å². The molecule has 124 valence electrons. The Morgan fingerprint density at radius 2 is 2.04 bits per heavy atom. The molecule has 1 amide bonds. The second kappa shape index (κ2) is 6.31. The van der Waals surface area contributed by atoms with Crippen molar-refractivity contribution in [2.24, 2.45) is 5.73 Å². The van der Waals surface area contributed by atoms with E-state index >= 15 is 0 Å². The highest BCUT2D eigenvalue weighted by atomic mass is 16.6. The van der Waals surface area contributed by atoms with Gasteiger partial charge in [0.25, 0.3) is 5.69 Å². The first-order valence-corrected chi connectivity index (χ1v) is 7.88. The molecular formula is C18H19N3O3. The van der Waals surface area contributed by atoms with Gasteiger partial charge in [-0.3, -0.25) is 14.9 Å². The summed E-state index contributed by atoms with van der Waals surface area (Å²) in [6.45, 7) is 0. The first-order valence-electron chi connectivity index (χ1n) is 7.88. The molecule has 0 saturated carbocycles. The number of amides is 1. The van der Waals surface area contributed by atoms with E-state index in [1.807, 2.05) is 24.1 Å². The van der Waals surface area contributed by atoms with E-state index in [9.17, 15) is 14.9 Å². The van der Waals surface area contributed by atoms with Crippen LogP contribution in [0.3, 0.4) is 0 Å². The third-order valence-electron chi connectivity index (χ3n) is 4.64. The van der Waals surface area contributed by atoms with E-state index in [1.54, 1.807) is 6.07 Å². The van der Waals surface area contributed by atoms with Crippen LogP contribution in [0.2, 0.25) is 0 Å². The second-order valence-electron chi connectivity index (χ2n) is 6.04. The lowest BCUT2D eigenvalue weighted by atomic mass is 9.86. The van der Waals surface area contributed by atoms with E-state index in [2.05, 4.69) is 12.1 Å². The van der Waals surface area contributed by atoms with E-state index < -0.39 is 10.8 Å². The van der Waals surface area contributed by atoms with Crippen molar-refractivity contribution in [1.29, 1.82) is 0 Å². The molecule has 1 aliphatic carbocycles. The number of primary amides is 1. The van der Waals surface area contributed by atoms with Crippen LogP contribution < -0.4 is 10.6 Å². The molecule has 3 rings (SSSR count). The number of nitro groups is 1. The zero-order valence-electron chi connectivity index (χ0n) is 13.4. The van der Waals surface area contributed by atoms with Crippen LogP contribution >= 0.6 is 0 Å². The van der Waals surface area contributed by atoms with Crippen molar-refractivity contribution in [2.75, 3.05) is 11.9 Å². The summed E-state index contributed by atoms with van der Waals surface area (Å²) in [4.78, 5) is 24.2. The van der Waals surface area contributed by atoms with Gasteiger partial charge in [-0.25, -0.2) is 0 Å². The summed E-state index contributed by atoms with van der Waals surface area (Å²) in [6, 6.07) is 12.7. The maximum absolute atomic E-state index is 11.5. The quantitative estimate of drug-likeness (QED) is 0.690. The highest BCUT2D eigenvalue weighted by Crippen LogP contribution is 2.39. The van der Waals surface area contributed by atoms with Crippen molar-refractivity contribution in [2.45, 2.75) is 25.3 Å². The fourth-order valence-electron chi connectivity index (χ4n) is 3.42. The minimum Gasteiger partial charge on any atom is -0.366 e. The molecule has 0 aromatic heterocycles. The predicted octanol–water partition coefficient (Wildman–Crippen LogP) is 3.21. The number of hydrogen-bond acceptors (Lipinski definition) is 4. The lowest BCUT2D eigenvalue weighted by Crippen LogP contribution is -2.28. The van der Waals surface area contributed by atoms with Crippen LogP contribution in [0.15, 0.2) is 42.5 Å². The molecule has 0 saturated heterocycles. The molecule has 2 N–H and O–H groups in total. The Morgan fingerprint density at radius 3 is 2.75 bits per heavy atom. The monoisotopic (exact) mass is 325 g/mol. The van der Waals surface area contributed by atoms with Crippen LogP contribution in [0.4, 0.5) is 11.4 Å². The molecule has 0 aliphatic heterocycles. The number of anilines is 1. The normalized spacial score (nSPS) is 16.3. The van der Waals surface area contributed by atoms with E-state index in [0.717, 1.165) is 19.3 Å². The molecular weight excluding hydrogens is 306 g/mol. The molecule has 0 fully saturated rings. The van der Waals surface area contributed by atoms with Gasteiger partial charge < -0.3 is 10.6 Å². The van der Waals surface area contributed by atoms with Crippen LogP contribution in [-0.2, 0) is 6.42 Å². The summed E-state index contributed by atoms with van der Waals surface area (Å²) in [5, 5.41) is 11.5. The maximum atomic E-state index is 11.5. The Morgan fingerprint density at radius 1 is 1.29 bits per heavy atom. The lowest BCUT2D eigenvalue weighted by molar-refractivity contribution is -0.384. The van der Waals surface area contributed by atoms with Crippen molar-refractivity contribution in [3.05, 3.63) is 69.3 Å². The Kier molecular flexibility index (Phi) is 4.20. The Bertz CT molecular complexity index is 804. The number of hydrogen-bond donors (Lipinski definition) is 1. The average Bonchev–Trinajstić information content (AvgIpc) is 2.60. The van der Waals surface area contributed by atoms with Crippen molar-refractivity contribution in [3.63, 3.8) is 0 Å². The summed E-state index contributed by atoms with van der Waals surface area (Å²) in [5.74, 6) is -0.671. The number of nitrogens with two attached hydrogens (primary N) is 1. The molecule has 0 heterocycles. The van der Waals surface area contributed by atoms with Gasteiger partial charge in [-0.15, -0.1) is 0 Å². The summed E-state index contributed by atoms with van der Waals surface area (Å²) in [6.07, 6.45) is 3.00.